The molecule has 0 aromatic carbocycles. The summed E-state index contributed by atoms with van der Waals surface area (Å²) in [7, 11) is 0. The fourth-order valence-electron chi connectivity index (χ4n) is 0.994. The summed E-state index contributed by atoms with van der Waals surface area (Å²) in [5.41, 5.74) is 8.00. The Hall–Kier alpha value is -0.190. The SMILES string of the molecule is NNC(=S)C1CC(N)C1. The van der Waals surface area contributed by atoms with Crippen molar-refractivity contribution in [3.8, 4) is 0 Å². The lowest BCUT2D eigenvalue weighted by molar-refractivity contribution is 0.342. The first-order chi connectivity index (χ1) is 4.24. The molecule has 0 saturated heterocycles. The van der Waals surface area contributed by atoms with Crippen molar-refractivity contribution in [3.63, 3.8) is 0 Å². The first-order valence-corrected chi connectivity index (χ1v) is 3.41. The Labute approximate surface area is 59.8 Å². The lowest BCUT2D eigenvalue weighted by Gasteiger charge is -2.32. The van der Waals surface area contributed by atoms with Crippen LogP contribution >= 0.6 is 12.2 Å². The maximum atomic E-state index is 5.53. The minimum Gasteiger partial charge on any atom is -0.328 e. The Balaban J connectivity index is 2.23. The molecule has 52 valence electrons. The van der Waals surface area contributed by atoms with Gasteiger partial charge in [-0.3, -0.25) is 5.84 Å². The van der Waals surface area contributed by atoms with Crippen LogP contribution in [0.2, 0.25) is 0 Å². The van der Waals surface area contributed by atoms with Gasteiger partial charge in [-0.25, -0.2) is 0 Å². The number of thiocarbonyl (C=S) groups is 1. The highest BCUT2D eigenvalue weighted by molar-refractivity contribution is 7.80. The topological polar surface area (TPSA) is 64.1 Å². The molecule has 1 fully saturated rings. The van der Waals surface area contributed by atoms with E-state index in [4.69, 9.17) is 23.8 Å². The molecular formula is C5H11N3S. The van der Waals surface area contributed by atoms with E-state index in [9.17, 15) is 0 Å². The van der Waals surface area contributed by atoms with E-state index in [0.29, 0.717) is 12.0 Å². The third-order valence-electron chi connectivity index (χ3n) is 1.69. The molecule has 5 N–H and O–H groups in total. The summed E-state index contributed by atoms with van der Waals surface area (Å²) in [6.45, 7) is 0. The van der Waals surface area contributed by atoms with E-state index >= 15 is 0 Å². The number of nitrogens with two attached hydrogens (primary N) is 2. The molecule has 1 aliphatic rings. The van der Waals surface area contributed by atoms with E-state index in [-0.39, 0.29) is 0 Å². The molecule has 0 unspecified atom stereocenters. The lowest BCUT2D eigenvalue weighted by Crippen LogP contribution is -2.46. The summed E-state index contributed by atoms with van der Waals surface area (Å²) >= 11 is 4.89. The van der Waals surface area contributed by atoms with E-state index < -0.39 is 0 Å². The van der Waals surface area contributed by atoms with Gasteiger partial charge in [0, 0.05) is 12.0 Å². The number of rotatable bonds is 1. The van der Waals surface area contributed by atoms with Crippen LogP contribution in [-0.2, 0) is 0 Å². The highest BCUT2D eigenvalue weighted by Crippen LogP contribution is 2.25. The van der Waals surface area contributed by atoms with Gasteiger partial charge in [-0.1, -0.05) is 12.2 Å². The van der Waals surface area contributed by atoms with Gasteiger partial charge >= 0.3 is 0 Å². The maximum absolute atomic E-state index is 5.53. The molecular weight excluding hydrogens is 134 g/mol. The Kier molecular flexibility index (Phi) is 2.00. The Bertz CT molecular complexity index is 119. The number of hydrogen-bond donors (Lipinski definition) is 3. The molecule has 0 atom stereocenters. The molecule has 1 saturated carbocycles. The van der Waals surface area contributed by atoms with E-state index in [0.717, 1.165) is 17.8 Å². The largest absolute Gasteiger partial charge is 0.328 e. The third-order valence-corrected chi connectivity index (χ3v) is 2.14. The molecule has 4 heteroatoms. The molecule has 3 nitrogen and oxygen atoms in total. The van der Waals surface area contributed by atoms with Crippen LogP contribution in [-0.4, -0.2) is 11.0 Å². The molecule has 1 aliphatic carbocycles. The second-order valence-electron chi connectivity index (χ2n) is 2.44. The second-order valence-corrected chi connectivity index (χ2v) is 2.88. The van der Waals surface area contributed by atoms with Gasteiger partial charge in [-0.05, 0) is 12.8 Å². The van der Waals surface area contributed by atoms with Crippen molar-refractivity contribution in [2.45, 2.75) is 18.9 Å². The van der Waals surface area contributed by atoms with Crippen molar-refractivity contribution >= 4 is 17.2 Å². The minimum absolute atomic E-state index is 0.348. The standard InChI is InChI=1S/C5H11N3S/c6-4-1-3(2-4)5(9)8-7/h3-4H,1-2,6-7H2,(H,8,9). The highest BCUT2D eigenvalue weighted by Gasteiger charge is 2.28. The number of nitrogens with one attached hydrogen (secondary N) is 1. The van der Waals surface area contributed by atoms with Gasteiger partial charge in [0.1, 0.15) is 0 Å². The first kappa shape index (κ1) is 6.92. The van der Waals surface area contributed by atoms with Crippen molar-refractivity contribution in [3.05, 3.63) is 0 Å². The Morgan fingerprint density at radius 3 is 2.44 bits per heavy atom. The number of hydrazine groups is 1. The molecule has 0 aromatic heterocycles. The summed E-state index contributed by atoms with van der Waals surface area (Å²) in [4.78, 5) is 0.747. The molecule has 0 radical (unpaired) electrons. The van der Waals surface area contributed by atoms with Gasteiger partial charge in [0.25, 0.3) is 0 Å². The van der Waals surface area contributed by atoms with Crippen LogP contribution in [0.1, 0.15) is 12.8 Å². The molecule has 1 rings (SSSR count). The van der Waals surface area contributed by atoms with E-state index in [1.165, 1.54) is 0 Å². The molecule has 0 amide bonds. The van der Waals surface area contributed by atoms with Crippen LogP contribution in [0.3, 0.4) is 0 Å². The average Bonchev–Trinajstić information content (AvgIpc) is 1.79. The molecule has 9 heavy (non-hydrogen) atoms. The number of hydrogen-bond acceptors (Lipinski definition) is 3. The van der Waals surface area contributed by atoms with Crippen LogP contribution in [0.25, 0.3) is 0 Å². The zero-order chi connectivity index (χ0) is 6.85. The summed E-state index contributed by atoms with van der Waals surface area (Å²) < 4.78 is 0. The van der Waals surface area contributed by atoms with Crippen LogP contribution in [0.5, 0.6) is 0 Å². The summed E-state index contributed by atoms with van der Waals surface area (Å²) in [6.07, 6.45) is 1.98. The molecule has 0 bridgehead atoms. The smallest absolute Gasteiger partial charge is 0.0925 e. The zero-order valence-electron chi connectivity index (χ0n) is 5.13. The van der Waals surface area contributed by atoms with Crippen LogP contribution in [0, 0.1) is 5.92 Å². The third kappa shape index (κ3) is 1.38. The Morgan fingerprint density at radius 1 is 1.56 bits per heavy atom. The van der Waals surface area contributed by atoms with E-state index in [1.807, 2.05) is 0 Å². The monoisotopic (exact) mass is 145 g/mol. The highest BCUT2D eigenvalue weighted by atomic mass is 32.1. The van der Waals surface area contributed by atoms with Gasteiger partial charge in [-0.15, -0.1) is 0 Å². The van der Waals surface area contributed by atoms with E-state index in [1.54, 1.807) is 0 Å². The maximum Gasteiger partial charge on any atom is 0.0925 e. The van der Waals surface area contributed by atoms with Gasteiger partial charge in [0.2, 0.25) is 0 Å². The van der Waals surface area contributed by atoms with Crippen molar-refractivity contribution in [2.75, 3.05) is 0 Å². The van der Waals surface area contributed by atoms with Crippen LogP contribution in [0.15, 0.2) is 0 Å². The van der Waals surface area contributed by atoms with Crippen LogP contribution in [0.4, 0.5) is 0 Å². The minimum atomic E-state index is 0.348. The summed E-state index contributed by atoms with van der Waals surface area (Å²) in [6, 6.07) is 0.348. The van der Waals surface area contributed by atoms with E-state index in [2.05, 4.69) is 5.43 Å². The quantitative estimate of drug-likeness (QED) is 0.265. The fourth-order valence-corrected chi connectivity index (χ4v) is 1.19. The average molecular weight is 145 g/mol. The van der Waals surface area contributed by atoms with Gasteiger partial charge in [0.05, 0.1) is 4.99 Å². The van der Waals surface area contributed by atoms with Crippen molar-refractivity contribution < 1.29 is 0 Å². The lowest BCUT2D eigenvalue weighted by atomic mass is 9.81. The zero-order valence-corrected chi connectivity index (χ0v) is 5.95. The molecule has 0 heterocycles. The van der Waals surface area contributed by atoms with Gasteiger partial charge < -0.3 is 11.2 Å². The summed E-state index contributed by atoms with van der Waals surface area (Å²) in [5.74, 6) is 5.54. The predicted molar refractivity (Wildman–Crippen MR) is 40.6 cm³/mol. The van der Waals surface area contributed by atoms with Gasteiger partial charge in [-0.2, -0.15) is 0 Å². The van der Waals surface area contributed by atoms with Gasteiger partial charge in [0.15, 0.2) is 0 Å². The van der Waals surface area contributed by atoms with Crippen molar-refractivity contribution in [1.29, 1.82) is 0 Å². The normalized spacial score (nSPS) is 33.1. The molecule has 0 aromatic rings. The fraction of sp³-hybridized carbons (Fsp3) is 0.800. The Morgan fingerprint density at radius 2 is 2.11 bits per heavy atom. The van der Waals surface area contributed by atoms with Crippen molar-refractivity contribution in [2.24, 2.45) is 17.5 Å². The van der Waals surface area contributed by atoms with Crippen LogP contribution < -0.4 is 17.0 Å². The second kappa shape index (κ2) is 2.60. The first-order valence-electron chi connectivity index (χ1n) is 3.00. The van der Waals surface area contributed by atoms with Crippen molar-refractivity contribution in [1.82, 2.24) is 5.43 Å². The summed E-state index contributed by atoms with van der Waals surface area (Å²) in [5, 5.41) is 0. The molecule has 0 aliphatic heterocycles. The predicted octanol–water partition coefficient (Wildman–Crippen LogP) is -0.486. The molecule has 0 spiro atoms.